The predicted octanol–water partition coefficient (Wildman–Crippen LogP) is 5.01. The van der Waals surface area contributed by atoms with Crippen LogP contribution in [0.5, 0.6) is 11.5 Å². The summed E-state index contributed by atoms with van der Waals surface area (Å²) in [4.78, 5) is 27.5. The maximum atomic E-state index is 12.8. The van der Waals surface area contributed by atoms with Crippen LogP contribution in [0.15, 0.2) is 47.5 Å². The lowest BCUT2D eigenvalue weighted by Crippen LogP contribution is -2.23. The van der Waals surface area contributed by atoms with Gasteiger partial charge in [-0.05, 0) is 87.1 Å². The van der Waals surface area contributed by atoms with Gasteiger partial charge in [0.15, 0.2) is 21.9 Å². The second-order valence-corrected chi connectivity index (χ2v) is 10.2. The lowest BCUT2D eigenvalue weighted by atomic mass is 10.1. The number of rotatable bonds is 9. The Labute approximate surface area is 219 Å². The van der Waals surface area contributed by atoms with E-state index < -0.39 is 5.60 Å². The van der Waals surface area contributed by atoms with Gasteiger partial charge in [0.2, 0.25) is 0 Å². The largest absolute Gasteiger partial charge is 0.493 e. The molecule has 0 radical (unpaired) electrons. The number of methoxy groups -OCH3 is 1. The first kappa shape index (κ1) is 25.2. The zero-order valence-electron chi connectivity index (χ0n) is 21.2. The molecule has 0 atom stereocenters. The molecule has 1 aromatic carbocycles. The molecule has 0 saturated heterocycles. The number of hydrogen-bond acceptors (Lipinski definition) is 7. The van der Waals surface area contributed by atoms with E-state index >= 15 is 0 Å². The summed E-state index contributed by atoms with van der Waals surface area (Å²) in [6.07, 6.45) is 8.12. The van der Waals surface area contributed by atoms with E-state index in [9.17, 15) is 4.79 Å². The van der Waals surface area contributed by atoms with Gasteiger partial charge in [0.25, 0.3) is 5.56 Å². The number of fused-ring (bicyclic) bond motifs is 1. The quantitative estimate of drug-likeness (QED) is 0.298. The van der Waals surface area contributed by atoms with Gasteiger partial charge in [-0.25, -0.2) is 4.98 Å². The molecule has 0 unspecified atom stereocenters. The van der Waals surface area contributed by atoms with Gasteiger partial charge in [-0.2, -0.15) is 0 Å². The Kier molecular flexibility index (Phi) is 7.12. The molecule has 0 aliphatic heterocycles. The number of benzene rings is 1. The molecule has 4 aromatic rings. The number of pyridine rings is 1. The molecule has 3 aromatic heterocycles. The first-order chi connectivity index (χ1) is 17.8. The summed E-state index contributed by atoms with van der Waals surface area (Å²) in [5, 5.41) is 0. The summed E-state index contributed by atoms with van der Waals surface area (Å²) in [5.41, 5.74) is 1.67. The lowest BCUT2D eigenvalue weighted by molar-refractivity contribution is -0.0393. The standard InChI is InChI=1S/C27H31N5O4S/c1-27(2,35-16-17-10-12-28-13-11-17)25-29-22-23(30-25)32(26(37)31-24(22)33)15-18-8-9-20(34-3)21(14-18)36-19-6-4-5-7-19/h8-14,19H,4-7,15-16H2,1-3H3,(H,29,30)(H,31,33,37). The summed E-state index contributed by atoms with van der Waals surface area (Å²) in [6, 6.07) is 9.64. The maximum Gasteiger partial charge on any atom is 0.277 e. The van der Waals surface area contributed by atoms with Gasteiger partial charge in [-0.1, -0.05) is 6.07 Å². The van der Waals surface area contributed by atoms with Crippen LogP contribution >= 0.6 is 12.2 Å². The Morgan fingerprint density at radius 1 is 1.08 bits per heavy atom. The van der Waals surface area contributed by atoms with Gasteiger partial charge in [0, 0.05) is 12.4 Å². The number of nitrogens with zero attached hydrogens (tertiary/aromatic N) is 3. The van der Waals surface area contributed by atoms with Gasteiger partial charge in [0.05, 0.1) is 26.4 Å². The Morgan fingerprint density at radius 2 is 1.84 bits per heavy atom. The first-order valence-electron chi connectivity index (χ1n) is 12.4. The summed E-state index contributed by atoms with van der Waals surface area (Å²) >= 11 is 5.54. The average Bonchev–Trinajstić information content (AvgIpc) is 3.57. The van der Waals surface area contributed by atoms with Crippen LogP contribution in [0.1, 0.15) is 56.5 Å². The monoisotopic (exact) mass is 521 g/mol. The summed E-state index contributed by atoms with van der Waals surface area (Å²) in [6.45, 7) is 4.61. The lowest BCUT2D eigenvalue weighted by Gasteiger charge is -2.22. The fourth-order valence-corrected chi connectivity index (χ4v) is 4.81. The van der Waals surface area contributed by atoms with E-state index in [-0.39, 0.29) is 11.7 Å². The highest BCUT2D eigenvalue weighted by Gasteiger charge is 2.27. The molecule has 37 heavy (non-hydrogen) atoms. The molecular weight excluding hydrogens is 490 g/mol. The van der Waals surface area contributed by atoms with Crippen LogP contribution in [0.4, 0.5) is 0 Å². The van der Waals surface area contributed by atoms with E-state index in [0.717, 1.165) is 24.0 Å². The van der Waals surface area contributed by atoms with E-state index in [2.05, 4.69) is 15.0 Å². The van der Waals surface area contributed by atoms with Crippen molar-refractivity contribution in [3.8, 4) is 11.5 Å². The van der Waals surface area contributed by atoms with Crippen molar-refractivity contribution in [2.24, 2.45) is 0 Å². The molecule has 1 aliphatic carbocycles. The number of hydrogen-bond donors (Lipinski definition) is 2. The van der Waals surface area contributed by atoms with Crippen molar-refractivity contribution in [1.82, 2.24) is 24.5 Å². The zero-order chi connectivity index (χ0) is 26.0. The molecule has 5 rings (SSSR count). The van der Waals surface area contributed by atoms with E-state index in [0.29, 0.717) is 46.4 Å². The molecule has 1 saturated carbocycles. The van der Waals surface area contributed by atoms with E-state index in [4.69, 9.17) is 31.4 Å². The number of aromatic amines is 2. The van der Waals surface area contributed by atoms with Gasteiger partial charge in [-0.15, -0.1) is 0 Å². The SMILES string of the molecule is COc1ccc(Cn2c(=S)[nH]c(=O)c3[nH]c(C(C)(C)OCc4ccncc4)nc32)cc1OC1CCCC1. The van der Waals surface area contributed by atoms with Gasteiger partial charge < -0.3 is 19.2 Å². The Balaban J connectivity index is 1.46. The van der Waals surface area contributed by atoms with Crippen molar-refractivity contribution < 1.29 is 14.2 Å². The number of aromatic nitrogens is 5. The minimum absolute atomic E-state index is 0.203. The van der Waals surface area contributed by atoms with Crippen LogP contribution in [-0.2, 0) is 23.5 Å². The maximum absolute atomic E-state index is 12.8. The van der Waals surface area contributed by atoms with Crippen molar-refractivity contribution in [1.29, 1.82) is 0 Å². The third kappa shape index (κ3) is 5.45. The minimum atomic E-state index is -0.781. The Bertz CT molecular complexity index is 1500. The van der Waals surface area contributed by atoms with Gasteiger partial charge >= 0.3 is 0 Å². The molecule has 0 spiro atoms. The third-order valence-electron chi connectivity index (χ3n) is 6.72. The van der Waals surface area contributed by atoms with Gasteiger partial charge in [0.1, 0.15) is 16.9 Å². The normalized spacial score (nSPS) is 14.4. The topological polar surface area (TPSA) is 107 Å². The van der Waals surface area contributed by atoms with Crippen molar-refractivity contribution in [3.05, 3.63) is 74.8 Å². The van der Waals surface area contributed by atoms with Gasteiger partial charge in [-0.3, -0.25) is 19.3 Å². The Hall–Kier alpha value is -3.50. The fraction of sp³-hybridized carbons (Fsp3) is 0.407. The molecule has 0 amide bonds. The number of imidazole rings is 1. The Morgan fingerprint density at radius 3 is 2.57 bits per heavy atom. The van der Waals surface area contributed by atoms with E-state index in [1.807, 2.05) is 48.7 Å². The predicted molar refractivity (Wildman–Crippen MR) is 143 cm³/mol. The fourth-order valence-electron chi connectivity index (χ4n) is 4.56. The number of ether oxygens (including phenoxy) is 3. The van der Waals surface area contributed by atoms with Crippen LogP contribution in [0.2, 0.25) is 0 Å². The van der Waals surface area contributed by atoms with Crippen LogP contribution < -0.4 is 15.0 Å². The second kappa shape index (κ2) is 10.5. The zero-order valence-corrected chi connectivity index (χ0v) is 22.1. The van der Waals surface area contributed by atoms with E-state index in [1.165, 1.54) is 12.8 Å². The minimum Gasteiger partial charge on any atom is -0.493 e. The molecule has 1 aliphatic rings. The molecule has 3 heterocycles. The van der Waals surface area contributed by atoms with Crippen LogP contribution in [-0.4, -0.2) is 37.7 Å². The highest BCUT2D eigenvalue weighted by molar-refractivity contribution is 7.71. The number of H-pyrrole nitrogens is 2. The van der Waals surface area contributed by atoms with Crippen LogP contribution in [0, 0.1) is 4.77 Å². The summed E-state index contributed by atoms with van der Waals surface area (Å²) < 4.78 is 20.1. The highest BCUT2D eigenvalue weighted by atomic mass is 32.1. The van der Waals surface area contributed by atoms with Crippen LogP contribution in [0.25, 0.3) is 11.2 Å². The molecule has 194 valence electrons. The highest BCUT2D eigenvalue weighted by Crippen LogP contribution is 2.33. The molecular formula is C27H31N5O4S. The van der Waals surface area contributed by atoms with Crippen molar-refractivity contribution in [2.45, 2.75) is 64.4 Å². The van der Waals surface area contributed by atoms with Crippen molar-refractivity contribution in [3.63, 3.8) is 0 Å². The molecule has 2 N–H and O–H groups in total. The summed E-state index contributed by atoms with van der Waals surface area (Å²) in [5.74, 6) is 1.95. The molecule has 9 nitrogen and oxygen atoms in total. The smallest absolute Gasteiger partial charge is 0.277 e. The van der Waals surface area contributed by atoms with Crippen LogP contribution in [0.3, 0.4) is 0 Å². The summed E-state index contributed by atoms with van der Waals surface area (Å²) in [7, 11) is 1.64. The second-order valence-electron chi connectivity index (χ2n) is 9.79. The third-order valence-corrected chi connectivity index (χ3v) is 7.04. The molecule has 1 fully saturated rings. The first-order valence-corrected chi connectivity index (χ1v) is 12.8. The molecule has 0 bridgehead atoms. The average molecular weight is 522 g/mol. The van der Waals surface area contributed by atoms with Crippen molar-refractivity contribution in [2.75, 3.05) is 7.11 Å². The molecule has 10 heteroatoms. The number of nitrogens with one attached hydrogen (secondary N) is 2. The van der Waals surface area contributed by atoms with E-state index in [1.54, 1.807) is 19.5 Å². The van der Waals surface area contributed by atoms with Crippen molar-refractivity contribution >= 4 is 23.4 Å².